The Bertz CT molecular complexity index is 1020. The monoisotopic (exact) mass is 495 g/mol. The van der Waals surface area contributed by atoms with Crippen molar-refractivity contribution in [3.63, 3.8) is 0 Å². The fourth-order valence-electron chi connectivity index (χ4n) is 4.85. The Morgan fingerprint density at radius 3 is 2.73 bits per heavy atom. The third-order valence-corrected chi connectivity index (χ3v) is 7.06. The van der Waals surface area contributed by atoms with E-state index in [9.17, 15) is 9.59 Å². The lowest BCUT2D eigenvalue weighted by molar-refractivity contribution is -0.132. The molecule has 33 heavy (non-hydrogen) atoms. The van der Waals surface area contributed by atoms with Crippen LogP contribution in [0.25, 0.3) is 0 Å². The molecule has 1 aliphatic heterocycles. The summed E-state index contributed by atoms with van der Waals surface area (Å²) in [4.78, 5) is 26.6. The van der Waals surface area contributed by atoms with Gasteiger partial charge in [0.05, 0.1) is 19.2 Å². The number of hydrogen-bond acceptors (Lipinski definition) is 6. The first kappa shape index (κ1) is 25.5. The van der Waals surface area contributed by atoms with Crippen molar-refractivity contribution < 1.29 is 9.53 Å². The molecule has 1 aliphatic carbocycles. The highest BCUT2D eigenvalue weighted by Gasteiger charge is 2.37. The molecule has 1 unspecified atom stereocenters. The number of aromatic nitrogens is 2. The van der Waals surface area contributed by atoms with E-state index in [0.29, 0.717) is 37.1 Å². The van der Waals surface area contributed by atoms with Crippen molar-refractivity contribution >= 4 is 35.7 Å². The van der Waals surface area contributed by atoms with Crippen LogP contribution in [0.3, 0.4) is 0 Å². The zero-order valence-corrected chi connectivity index (χ0v) is 20.3. The molecule has 1 atom stereocenters. The maximum absolute atomic E-state index is 12.7. The molecule has 2 aliphatic rings. The number of halogens is 2. The number of anilines is 1. The second-order valence-corrected chi connectivity index (χ2v) is 9.06. The van der Waals surface area contributed by atoms with Crippen LogP contribution in [0.4, 0.5) is 5.82 Å². The SMILES string of the molecule is CNC(=O)C1CN(c2ccc(=O)n(C3CCC(CN)(c4cccc(Cl)c4)CC3)n2)CCO1.Cl. The Hall–Kier alpha value is -2.13. The van der Waals surface area contributed by atoms with Gasteiger partial charge in [-0.3, -0.25) is 9.59 Å². The average Bonchev–Trinajstić information content (AvgIpc) is 2.84. The number of ether oxygens (including phenoxy) is 1. The van der Waals surface area contributed by atoms with Crippen LogP contribution in [0.2, 0.25) is 5.02 Å². The van der Waals surface area contributed by atoms with Crippen LogP contribution in [0.5, 0.6) is 0 Å². The van der Waals surface area contributed by atoms with Gasteiger partial charge in [0.1, 0.15) is 5.82 Å². The van der Waals surface area contributed by atoms with Crippen LogP contribution in [-0.2, 0) is 14.9 Å². The summed E-state index contributed by atoms with van der Waals surface area (Å²) in [5.74, 6) is 0.529. The van der Waals surface area contributed by atoms with Crippen molar-refractivity contribution in [1.29, 1.82) is 0 Å². The normalized spacial score (nSPS) is 25.2. The molecule has 1 saturated carbocycles. The molecule has 8 nitrogen and oxygen atoms in total. The number of hydrogen-bond donors (Lipinski definition) is 2. The molecule has 1 aromatic heterocycles. The van der Waals surface area contributed by atoms with Crippen LogP contribution in [0, 0.1) is 0 Å². The molecule has 1 saturated heterocycles. The minimum Gasteiger partial charge on any atom is -0.365 e. The van der Waals surface area contributed by atoms with Crippen LogP contribution in [0.1, 0.15) is 37.3 Å². The highest BCUT2D eigenvalue weighted by molar-refractivity contribution is 6.30. The lowest BCUT2D eigenvalue weighted by atomic mass is 9.68. The quantitative estimate of drug-likeness (QED) is 0.659. The standard InChI is InChI=1S/C23H30ClN5O3.ClH/c1-26-22(31)19-14-28(11-12-32-19)20-5-6-21(30)29(27-20)18-7-9-23(15-25,10-8-18)16-3-2-4-17(24)13-16;/h2-6,13,18-19H,7-12,14-15,25H2,1H3,(H,26,31);1H. The van der Waals surface area contributed by atoms with Gasteiger partial charge in [-0.05, 0) is 49.4 Å². The number of amides is 1. The lowest BCUT2D eigenvalue weighted by Gasteiger charge is -2.40. The summed E-state index contributed by atoms with van der Waals surface area (Å²) < 4.78 is 7.18. The molecule has 2 heterocycles. The van der Waals surface area contributed by atoms with E-state index in [4.69, 9.17) is 27.2 Å². The van der Waals surface area contributed by atoms with E-state index < -0.39 is 6.10 Å². The average molecular weight is 496 g/mol. The van der Waals surface area contributed by atoms with Gasteiger partial charge >= 0.3 is 0 Å². The number of morpholine rings is 1. The number of benzene rings is 1. The molecule has 1 amide bonds. The van der Waals surface area contributed by atoms with Crippen molar-refractivity contribution in [2.75, 3.05) is 38.2 Å². The van der Waals surface area contributed by atoms with Crippen LogP contribution < -0.4 is 21.5 Å². The van der Waals surface area contributed by atoms with Crippen LogP contribution >= 0.6 is 24.0 Å². The van der Waals surface area contributed by atoms with E-state index in [1.807, 2.05) is 23.1 Å². The van der Waals surface area contributed by atoms with Crippen LogP contribution in [0.15, 0.2) is 41.2 Å². The van der Waals surface area contributed by atoms with Crippen LogP contribution in [-0.4, -0.2) is 55.1 Å². The second-order valence-electron chi connectivity index (χ2n) is 8.62. The topological polar surface area (TPSA) is 102 Å². The minimum absolute atomic E-state index is 0. The summed E-state index contributed by atoms with van der Waals surface area (Å²) in [6.07, 6.45) is 2.80. The number of carbonyl (C=O) groups excluding carboxylic acids is 1. The molecule has 2 fully saturated rings. The zero-order valence-electron chi connectivity index (χ0n) is 18.7. The lowest BCUT2D eigenvalue weighted by Crippen LogP contribution is -2.50. The van der Waals surface area contributed by atoms with Gasteiger partial charge in [-0.1, -0.05) is 23.7 Å². The van der Waals surface area contributed by atoms with E-state index in [0.717, 1.165) is 31.2 Å². The Kier molecular flexibility index (Phi) is 8.39. The Morgan fingerprint density at radius 1 is 1.30 bits per heavy atom. The van der Waals surface area contributed by atoms with E-state index in [2.05, 4.69) is 11.4 Å². The third kappa shape index (κ3) is 5.35. The summed E-state index contributed by atoms with van der Waals surface area (Å²) >= 11 is 6.22. The van der Waals surface area contributed by atoms with Gasteiger partial charge < -0.3 is 20.7 Å². The molecule has 2 aromatic rings. The smallest absolute Gasteiger partial charge is 0.267 e. The zero-order chi connectivity index (χ0) is 22.7. The van der Waals surface area contributed by atoms with Gasteiger partial charge in [0.15, 0.2) is 6.10 Å². The predicted octanol–water partition coefficient (Wildman–Crippen LogP) is 2.28. The molecule has 4 rings (SSSR count). The first-order valence-electron chi connectivity index (χ1n) is 11.1. The minimum atomic E-state index is -0.548. The third-order valence-electron chi connectivity index (χ3n) is 6.83. The number of rotatable bonds is 5. The summed E-state index contributed by atoms with van der Waals surface area (Å²) in [5.41, 5.74) is 7.14. The summed E-state index contributed by atoms with van der Waals surface area (Å²) in [6.45, 7) is 1.99. The highest BCUT2D eigenvalue weighted by atomic mass is 35.5. The largest absolute Gasteiger partial charge is 0.365 e. The van der Waals surface area contributed by atoms with Gasteiger partial charge in [-0.2, -0.15) is 5.10 Å². The number of likely N-dealkylation sites (N-methyl/N-ethyl adjacent to an activating group) is 1. The molecule has 180 valence electrons. The molecule has 0 bridgehead atoms. The molecule has 3 N–H and O–H groups in total. The first-order chi connectivity index (χ1) is 15.5. The van der Waals surface area contributed by atoms with Crippen molar-refractivity contribution in [2.24, 2.45) is 5.73 Å². The predicted molar refractivity (Wildman–Crippen MR) is 131 cm³/mol. The summed E-state index contributed by atoms with van der Waals surface area (Å²) in [6, 6.07) is 11.2. The molecule has 1 aromatic carbocycles. The summed E-state index contributed by atoms with van der Waals surface area (Å²) in [5, 5.41) is 8.03. The first-order valence-corrected chi connectivity index (χ1v) is 11.5. The maximum Gasteiger partial charge on any atom is 0.267 e. The molecular formula is C23H31Cl2N5O3. The Labute approximate surface area is 204 Å². The number of nitrogens with zero attached hydrogens (tertiary/aromatic N) is 3. The Balaban J connectivity index is 0.00000306. The number of carbonyl (C=O) groups is 1. The van der Waals surface area contributed by atoms with Crippen molar-refractivity contribution in [3.8, 4) is 0 Å². The van der Waals surface area contributed by atoms with E-state index in [-0.39, 0.29) is 35.3 Å². The van der Waals surface area contributed by atoms with E-state index >= 15 is 0 Å². The van der Waals surface area contributed by atoms with Gasteiger partial charge in [0, 0.05) is 36.6 Å². The molecule has 0 radical (unpaired) electrons. The van der Waals surface area contributed by atoms with Gasteiger partial charge in [-0.15, -0.1) is 12.4 Å². The van der Waals surface area contributed by atoms with Gasteiger partial charge in [0.25, 0.3) is 11.5 Å². The van der Waals surface area contributed by atoms with Gasteiger partial charge in [-0.25, -0.2) is 4.68 Å². The van der Waals surface area contributed by atoms with Gasteiger partial charge in [0.2, 0.25) is 0 Å². The fraction of sp³-hybridized carbons (Fsp3) is 0.522. The van der Waals surface area contributed by atoms with Crippen molar-refractivity contribution in [2.45, 2.75) is 43.2 Å². The van der Waals surface area contributed by atoms with E-state index in [1.54, 1.807) is 23.9 Å². The maximum atomic E-state index is 12.7. The number of nitrogens with two attached hydrogens (primary N) is 1. The highest BCUT2D eigenvalue weighted by Crippen LogP contribution is 2.42. The van der Waals surface area contributed by atoms with Crippen molar-refractivity contribution in [1.82, 2.24) is 15.1 Å². The second kappa shape index (κ2) is 10.9. The molecule has 10 heteroatoms. The number of nitrogens with one attached hydrogen (secondary N) is 1. The Morgan fingerprint density at radius 2 is 2.06 bits per heavy atom. The molecule has 0 spiro atoms. The van der Waals surface area contributed by atoms with Crippen molar-refractivity contribution in [3.05, 3.63) is 57.3 Å². The molecular weight excluding hydrogens is 465 g/mol. The fourth-order valence-corrected chi connectivity index (χ4v) is 5.04. The van der Waals surface area contributed by atoms with E-state index in [1.165, 1.54) is 0 Å². The summed E-state index contributed by atoms with van der Waals surface area (Å²) in [7, 11) is 1.59.